The number of benzene rings is 1. The van der Waals surface area contributed by atoms with E-state index in [4.69, 9.17) is 5.73 Å². The maximum Gasteiger partial charge on any atom is 0.201 e. The fourth-order valence-electron chi connectivity index (χ4n) is 2.02. The Labute approximate surface area is 112 Å². The Bertz CT molecular complexity index is 712. The molecule has 0 aliphatic rings. The highest BCUT2D eigenvalue weighted by atomic mass is 79.9. The fourth-order valence-corrected chi connectivity index (χ4v) is 2.37. The number of imidazole rings is 1. The third-order valence-corrected chi connectivity index (χ3v) is 3.33. The van der Waals surface area contributed by atoms with E-state index in [1.807, 2.05) is 42.2 Å². The molecule has 0 radical (unpaired) electrons. The zero-order valence-electron chi connectivity index (χ0n) is 9.84. The third-order valence-electron chi connectivity index (χ3n) is 2.84. The molecule has 2 N–H and O–H groups in total. The van der Waals surface area contributed by atoms with Crippen molar-refractivity contribution in [3.8, 4) is 0 Å². The largest absolute Gasteiger partial charge is 0.369 e. The van der Waals surface area contributed by atoms with Crippen LogP contribution in [0.3, 0.4) is 0 Å². The maximum absolute atomic E-state index is 5.97. The highest BCUT2D eigenvalue weighted by Gasteiger charge is 2.09. The van der Waals surface area contributed by atoms with E-state index < -0.39 is 0 Å². The number of nitrogen functional groups attached to an aromatic ring is 1. The molecule has 92 valence electrons. The number of aryl methyl sites for hydroxylation is 1. The number of halogens is 1. The van der Waals surface area contributed by atoms with Gasteiger partial charge in [0.15, 0.2) is 0 Å². The van der Waals surface area contributed by atoms with E-state index in [-0.39, 0.29) is 0 Å². The standard InChI is InChI=1S/C12H12BrN5/c1-17-6-8(5-15-17)7-18-11-3-2-9(13)4-10(11)16-12(18)14/h2-6H,7H2,1H3,(H2,14,16). The number of nitrogens with zero attached hydrogens (tertiary/aromatic N) is 4. The van der Waals surface area contributed by atoms with E-state index in [1.165, 1.54) is 0 Å². The third kappa shape index (κ3) is 1.88. The van der Waals surface area contributed by atoms with Gasteiger partial charge in [0.2, 0.25) is 5.95 Å². The Morgan fingerprint density at radius 1 is 1.39 bits per heavy atom. The molecule has 0 aliphatic heterocycles. The van der Waals surface area contributed by atoms with Crippen LogP contribution in [0.15, 0.2) is 35.1 Å². The zero-order chi connectivity index (χ0) is 12.7. The molecule has 2 heterocycles. The summed E-state index contributed by atoms with van der Waals surface area (Å²) in [5.74, 6) is 0.520. The zero-order valence-corrected chi connectivity index (χ0v) is 11.4. The molecule has 0 aliphatic carbocycles. The number of hydrogen-bond acceptors (Lipinski definition) is 3. The van der Waals surface area contributed by atoms with Crippen LogP contribution < -0.4 is 5.73 Å². The Hall–Kier alpha value is -1.82. The Kier molecular flexibility index (Phi) is 2.59. The van der Waals surface area contributed by atoms with Gasteiger partial charge in [-0.2, -0.15) is 5.10 Å². The summed E-state index contributed by atoms with van der Waals surface area (Å²) in [6.07, 6.45) is 3.81. The van der Waals surface area contributed by atoms with Crippen molar-refractivity contribution in [2.24, 2.45) is 7.05 Å². The van der Waals surface area contributed by atoms with Crippen molar-refractivity contribution >= 4 is 32.9 Å². The van der Waals surface area contributed by atoms with Gasteiger partial charge in [0, 0.05) is 23.3 Å². The average Bonchev–Trinajstić information content (AvgIpc) is 2.84. The minimum absolute atomic E-state index is 0.520. The Morgan fingerprint density at radius 3 is 2.94 bits per heavy atom. The van der Waals surface area contributed by atoms with Crippen molar-refractivity contribution in [1.29, 1.82) is 0 Å². The molecule has 0 fully saturated rings. The first-order valence-corrected chi connectivity index (χ1v) is 6.31. The number of hydrogen-bond donors (Lipinski definition) is 1. The van der Waals surface area contributed by atoms with E-state index >= 15 is 0 Å². The molecule has 5 nitrogen and oxygen atoms in total. The van der Waals surface area contributed by atoms with E-state index in [0.29, 0.717) is 12.5 Å². The summed E-state index contributed by atoms with van der Waals surface area (Å²) in [6, 6.07) is 5.97. The summed E-state index contributed by atoms with van der Waals surface area (Å²) in [5, 5.41) is 4.16. The molecular weight excluding hydrogens is 294 g/mol. The summed E-state index contributed by atoms with van der Waals surface area (Å²) >= 11 is 3.43. The number of rotatable bonds is 2. The highest BCUT2D eigenvalue weighted by Crippen LogP contribution is 2.22. The normalized spacial score (nSPS) is 11.2. The molecule has 6 heteroatoms. The van der Waals surface area contributed by atoms with Gasteiger partial charge in [0.1, 0.15) is 0 Å². The predicted octanol–water partition coefficient (Wildman–Crippen LogP) is 2.16. The maximum atomic E-state index is 5.97. The molecule has 0 spiro atoms. The summed E-state index contributed by atoms with van der Waals surface area (Å²) in [7, 11) is 1.90. The molecule has 3 aromatic rings. The summed E-state index contributed by atoms with van der Waals surface area (Å²) in [6.45, 7) is 0.678. The Balaban J connectivity index is 2.08. The molecule has 0 saturated heterocycles. The first-order valence-electron chi connectivity index (χ1n) is 5.52. The van der Waals surface area contributed by atoms with Gasteiger partial charge in [-0.1, -0.05) is 15.9 Å². The molecule has 0 atom stereocenters. The summed E-state index contributed by atoms with van der Waals surface area (Å²) in [5.41, 5.74) is 8.99. The molecular formula is C12H12BrN5. The minimum atomic E-state index is 0.520. The number of nitrogens with two attached hydrogens (primary N) is 1. The van der Waals surface area contributed by atoms with Crippen molar-refractivity contribution in [3.63, 3.8) is 0 Å². The van der Waals surface area contributed by atoms with Crippen molar-refractivity contribution in [1.82, 2.24) is 19.3 Å². The van der Waals surface area contributed by atoms with E-state index in [1.54, 1.807) is 4.68 Å². The monoisotopic (exact) mass is 305 g/mol. The predicted molar refractivity (Wildman–Crippen MR) is 74.2 cm³/mol. The van der Waals surface area contributed by atoms with Crippen LogP contribution >= 0.6 is 15.9 Å². The minimum Gasteiger partial charge on any atom is -0.369 e. The molecule has 3 rings (SSSR count). The van der Waals surface area contributed by atoms with Crippen LogP contribution in [0.2, 0.25) is 0 Å². The van der Waals surface area contributed by atoms with Crippen LogP contribution in [0.5, 0.6) is 0 Å². The lowest BCUT2D eigenvalue weighted by Gasteiger charge is -2.04. The first-order chi connectivity index (χ1) is 8.63. The first kappa shape index (κ1) is 11.3. The van der Waals surface area contributed by atoms with Gasteiger partial charge in [-0.3, -0.25) is 4.68 Å². The lowest BCUT2D eigenvalue weighted by molar-refractivity contribution is 0.765. The van der Waals surface area contributed by atoms with E-state index in [2.05, 4.69) is 26.0 Å². The van der Waals surface area contributed by atoms with Gasteiger partial charge >= 0.3 is 0 Å². The van der Waals surface area contributed by atoms with Crippen molar-refractivity contribution in [2.75, 3.05) is 5.73 Å². The van der Waals surface area contributed by atoms with Crippen LogP contribution in [-0.2, 0) is 13.6 Å². The van der Waals surface area contributed by atoms with Gasteiger partial charge < -0.3 is 10.3 Å². The number of anilines is 1. The van der Waals surface area contributed by atoms with Crippen LogP contribution in [0.1, 0.15) is 5.56 Å². The molecule has 1 aromatic carbocycles. The summed E-state index contributed by atoms with van der Waals surface area (Å²) < 4.78 is 4.76. The van der Waals surface area contributed by atoms with Crippen molar-refractivity contribution in [3.05, 3.63) is 40.6 Å². The van der Waals surface area contributed by atoms with Crippen molar-refractivity contribution in [2.45, 2.75) is 6.54 Å². The fraction of sp³-hybridized carbons (Fsp3) is 0.167. The lowest BCUT2D eigenvalue weighted by Crippen LogP contribution is -2.03. The van der Waals surface area contributed by atoms with Gasteiger partial charge in [-0.05, 0) is 18.2 Å². The molecule has 2 aromatic heterocycles. The number of fused-ring (bicyclic) bond motifs is 1. The van der Waals surface area contributed by atoms with Gasteiger partial charge in [0.05, 0.1) is 23.8 Å². The second-order valence-electron chi connectivity index (χ2n) is 4.21. The lowest BCUT2D eigenvalue weighted by atomic mass is 10.3. The molecule has 0 amide bonds. The van der Waals surface area contributed by atoms with Gasteiger partial charge in [0.25, 0.3) is 0 Å². The smallest absolute Gasteiger partial charge is 0.201 e. The summed E-state index contributed by atoms with van der Waals surface area (Å²) in [4.78, 5) is 4.36. The number of aromatic nitrogens is 4. The van der Waals surface area contributed by atoms with Crippen LogP contribution in [-0.4, -0.2) is 19.3 Å². The van der Waals surface area contributed by atoms with Gasteiger partial charge in [-0.15, -0.1) is 0 Å². The van der Waals surface area contributed by atoms with E-state index in [9.17, 15) is 0 Å². The van der Waals surface area contributed by atoms with E-state index in [0.717, 1.165) is 21.1 Å². The molecule has 0 bridgehead atoms. The highest BCUT2D eigenvalue weighted by molar-refractivity contribution is 9.10. The SMILES string of the molecule is Cn1cc(Cn2c(N)nc3cc(Br)ccc32)cn1. The molecule has 18 heavy (non-hydrogen) atoms. The average molecular weight is 306 g/mol. The second kappa shape index (κ2) is 4.13. The molecule has 0 saturated carbocycles. The second-order valence-corrected chi connectivity index (χ2v) is 5.13. The van der Waals surface area contributed by atoms with Crippen LogP contribution in [0, 0.1) is 0 Å². The molecule has 0 unspecified atom stereocenters. The van der Waals surface area contributed by atoms with Crippen molar-refractivity contribution < 1.29 is 0 Å². The Morgan fingerprint density at radius 2 is 2.22 bits per heavy atom. The quantitative estimate of drug-likeness (QED) is 0.789. The van der Waals surface area contributed by atoms with Crippen LogP contribution in [0.25, 0.3) is 11.0 Å². The topological polar surface area (TPSA) is 61.7 Å². The van der Waals surface area contributed by atoms with Gasteiger partial charge in [-0.25, -0.2) is 4.98 Å². The van der Waals surface area contributed by atoms with Crippen LogP contribution in [0.4, 0.5) is 5.95 Å².